The average Bonchev–Trinajstić information content (AvgIpc) is 2.92. The summed E-state index contributed by atoms with van der Waals surface area (Å²) in [5.41, 5.74) is 0.477. The highest BCUT2D eigenvalue weighted by atomic mass is 19.1. The van der Waals surface area contributed by atoms with Crippen LogP contribution in [0.2, 0.25) is 0 Å². The third-order valence-electron chi connectivity index (χ3n) is 4.59. The van der Waals surface area contributed by atoms with Crippen molar-refractivity contribution in [2.45, 2.75) is 26.8 Å². The second-order valence-electron chi connectivity index (χ2n) is 7.63. The zero-order valence-corrected chi connectivity index (χ0v) is 15.7. The lowest BCUT2D eigenvalue weighted by Gasteiger charge is -2.29. The molecule has 2 aromatic rings. The van der Waals surface area contributed by atoms with E-state index in [1.165, 1.54) is 29.2 Å². The lowest BCUT2D eigenvalue weighted by atomic mass is 9.82. The predicted octanol–water partition coefficient (Wildman–Crippen LogP) is 4.21. The molecule has 2 aromatic carbocycles. The smallest absolute Gasteiger partial charge is 0.294 e. The molecule has 0 saturated carbocycles. The number of hydrogen-bond donors (Lipinski definition) is 1. The largest absolute Gasteiger partial charge is 0.503 e. The lowest BCUT2D eigenvalue weighted by molar-refractivity contribution is -0.123. The third kappa shape index (κ3) is 3.27. The molecule has 5 nitrogen and oxygen atoms in total. The van der Waals surface area contributed by atoms with E-state index in [1.807, 2.05) is 6.07 Å². The summed E-state index contributed by atoms with van der Waals surface area (Å²) < 4.78 is 13.4. The Morgan fingerprint density at radius 1 is 1.11 bits per heavy atom. The SMILES string of the molecule is CC(C)(C)C(=O)C1=C(O)C(=O)N(c2ccc(C#N)cc2)C1c1ccc(F)cc1. The van der Waals surface area contributed by atoms with Crippen LogP contribution in [0.3, 0.4) is 0 Å². The van der Waals surface area contributed by atoms with Gasteiger partial charge in [-0.1, -0.05) is 32.9 Å². The van der Waals surface area contributed by atoms with Gasteiger partial charge in [0.2, 0.25) is 0 Å². The molecular formula is C22H19FN2O3. The average molecular weight is 378 g/mol. The first-order valence-electron chi connectivity index (χ1n) is 8.72. The number of hydrogen-bond acceptors (Lipinski definition) is 4. The number of nitriles is 1. The van der Waals surface area contributed by atoms with Crippen molar-refractivity contribution >= 4 is 17.4 Å². The molecule has 0 radical (unpaired) electrons. The van der Waals surface area contributed by atoms with Gasteiger partial charge < -0.3 is 5.11 Å². The Labute approximate surface area is 162 Å². The molecule has 0 saturated heterocycles. The van der Waals surface area contributed by atoms with Gasteiger partial charge in [0.1, 0.15) is 5.82 Å². The van der Waals surface area contributed by atoms with Gasteiger partial charge in [-0.05, 0) is 42.0 Å². The van der Waals surface area contributed by atoms with Crippen molar-refractivity contribution in [2.24, 2.45) is 5.41 Å². The Balaban J connectivity index is 2.19. The van der Waals surface area contributed by atoms with Gasteiger partial charge in [0, 0.05) is 11.1 Å². The normalized spacial score (nSPS) is 17.0. The van der Waals surface area contributed by atoms with Gasteiger partial charge in [-0.3, -0.25) is 14.5 Å². The van der Waals surface area contributed by atoms with Crippen molar-refractivity contribution in [3.05, 3.63) is 76.8 Å². The Morgan fingerprint density at radius 2 is 1.68 bits per heavy atom. The summed E-state index contributed by atoms with van der Waals surface area (Å²) in [5.74, 6) is -2.15. The van der Waals surface area contributed by atoms with E-state index < -0.39 is 28.9 Å². The molecular weight excluding hydrogens is 359 g/mol. The van der Waals surface area contributed by atoms with Crippen LogP contribution >= 0.6 is 0 Å². The minimum absolute atomic E-state index is 0.0199. The van der Waals surface area contributed by atoms with Gasteiger partial charge >= 0.3 is 0 Å². The van der Waals surface area contributed by atoms with Crippen molar-refractivity contribution in [3.8, 4) is 6.07 Å². The van der Waals surface area contributed by atoms with Crippen molar-refractivity contribution in [2.75, 3.05) is 4.90 Å². The van der Waals surface area contributed by atoms with Crippen molar-refractivity contribution in [3.63, 3.8) is 0 Å². The van der Waals surface area contributed by atoms with Crippen molar-refractivity contribution in [1.82, 2.24) is 0 Å². The molecule has 1 aliphatic rings. The summed E-state index contributed by atoms with van der Waals surface area (Å²) in [7, 11) is 0. The number of ketones is 1. The number of Topliss-reactive ketones (excluding diaryl/α,β-unsaturated/α-hetero) is 1. The number of aliphatic hydroxyl groups is 1. The van der Waals surface area contributed by atoms with Crippen molar-refractivity contribution < 1.29 is 19.1 Å². The van der Waals surface area contributed by atoms with Crippen LogP contribution in [0, 0.1) is 22.6 Å². The van der Waals surface area contributed by atoms with Gasteiger partial charge in [-0.15, -0.1) is 0 Å². The van der Waals surface area contributed by atoms with Crippen LogP contribution < -0.4 is 4.90 Å². The first-order chi connectivity index (χ1) is 13.1. The molecule has 6 heteroatoms. The van der Waals surface area contributed by atoms with E-state index in [-0.39, 0.29) is 11.4 Å². The highest BCUT2D eigenvalue weighted by Crippen LogP contribution is 2.43. The molecule has 1 N–H and O–H groups in total. The summed E-state index contributed by atoms with van der Waals surface area (Å²) in [6, 6.07) is 12.8. The summed E-state index contributed by atoms with van der Waals surface area (Å²) in [6.07, 6.45) is 0. The van der Waals surface area contributed by atoms with Crippen LogP contribution in [0.4, 0.5) is 10.1 Å². The molecule has 0 bridgehead atoms. The van der Waals surface area contributed by atoms with E-state index in [1.54, 1.807) is 45.0 Å². The van der Waals surface area contributed by atoms with Crippen LogP contribution in [0.15, 0.2) is 59.9 Å². The Hall–Kier alpha value is -3.46. The zero-order valence-electron chi connectivity index (χ0n) is 15.7. The van der Waals surface area contributed by atoms with Crippen LogP contribution in [0.1, 0.15) is 37.9 Å². The summed E-state index contributed by atoms with van der Waals surface area (Å²) >= 11 is 0. The Kier molecular flexibility index (Phi) is 4.78. The number of aliphatic hydroxyl groups excluding tert-OH is 1. The number of nitrogens with zero attached hydrogens (tertiary/aromatic N) is 2. The highest BCUT2D eigenvalue weighted by molar-refractivity contribution is 6.17. The summed E-state index contributed by atoms with van der Waals surface area (Å²) in [5, 5.41) is 19.5. The summed E-state index contributed by atoms with van der Waals surface area (Å²) in [4.78, 5) is 27.2. The predicted molar refractivity (Wildman–Crippen MR) is 102 cm³/mol. The number of carbonyl (C=O) groups excluding carboxylic acids is 2. The Morgan fingerprint density at radius 3 is 2.18 bits per heavy atom. The molecule has 0 fully saturated rings. The fourth-order valence-corrected chi connectivity index (χ4v) is 3.16. The minimum atomic E-state index is -0.896. The van der Waals surface area contributed by atoms with Gasteiger partial charge in [0.25, 0.3) is 5.91 Å². The van der Waals surface area contributed by atoms with Crippen LogP contribution in [0.25, 0.3) is 0 Å². The van der Waals surface area contributed by atoms with Gasteiger partial charge in [0.05, 0.1) is 23.2 Å². The second-order valence-corrected chi connectivity index (χ2v) is 7.63. The second kappa shape index (κ2) is 6.93. The number of carbonyl (C=O) groups is 2. The molecule has 0 aromatic heterocycles. The van der Waals surface area contributed by atoms with E-state index in [9.17, 15) is 19.1 Å². The highest BCUT2D eigenvalue weighted by Gasteiger charge is 2.46. The van der Waals surface area contributed by atoms with E-state index in [0.717, 1.165) is 0 Å². The van der Waals surface area contributed by atoms with Crippen LogP contribution in [-0.4, -0.2) is 16.8 Å². The zero-order chi connectivity index (χ0) is 20.6. The van der Waals surface area contributed by atoms with Gasteiger partial charge in [-0.25, -0.2) is 4.39 Å². The van der Waals surface area contributed by atoms with E-state index in [4.69, 9.17) is 5.26 Å². The maximum absolute atomic E-state index is 13.4. The molecule has 1 heterocycles. The Bertz CT molecular complexity index is 1010. The number of rotatable bonds is 3. The van der Waals surface area contributed by atoms with Gasteiger partial charge in [-0.2, -0.15) is 5.26 Å². The third-order valence-corrected chi connectivity index (χ3v) is 4.59. The molecule has 1 aliphatic heterocycles. The lowest BCUT2D eigenvalue weighted by Crippen LogP contribution is -2.32. The molecule has 1 unspecified atom stereocenters. The number of benzene rings is 2. The van der Waals surface area contributed by atoms with Gasteiger partial charge in [0.15, 0.2) is 11.5 Å². The monoisotopic (exact) mass is 378 g/mol. The quantitative estimate of drug-likeness (QED) is 0.867. The van der Waals surface area contributed by atoms with Crippen molar-refractivity contribution in [1.29, 1.82) is 5.26 Å². The van der Waals surface area contributed by atoms with E-state index >= 15 is 0 Å². The van der Waals surface area contributed by atoms with E-state index in [0.29, 0.717) is 16.8 Å². The first-order valence-corrected chi connectivity index (χ1v) is 8.72. The molecule has 1 amide bonds. The molecule has 0 spiro atoms. The molecule has 1 atom stereocenters. The molecule has 28 heavy (non-hydrogen) atoms. The standard InChI is InChI=1S/C22H19FN2O3/c1-22(2,3)20(27)17-18(14-6-8-15(23)9-7-14)25(21(28)19(17)26)16-10-4-13(12-24)5-11-16/h4-11,18,26H,1-3H3. The van der Waals surface area contributed by atoms with E-state index in [2.05, 4.69) is 0 Å². The fraction of sp³-hybridized carbons (Fsp3) is 0.227. The topological polar surface area (TPSA) is 81.4 Å². The number of anilines is 1. The van der Waals surface area contributed by atoms with Crippen LogP contribution in [0.5, 0.6) is 0 Å². The maximum Gasteiger partial charge on any atom is 0.294 e. The minimum Gasteiger partial charge on any atom is -0.503 e. The molecule has 142 valence electrons. The number of amides is 1. The number of halogens is 1. The fourth-order valence-electron chi connectivity index (χ4n) is 3.16. The maximum atomic E-state index is 13.4. The van der Waals surface area contributed by atoms with Crippen LogP contribution in [-0.2, 0) is 9.59 Å². The molecule has 3 rings (SSSR count). The first kappa shape index (κ1) is 19.3. The molecule has 0 aliphatic carbocycles. The summed E-state index contributed by atoms with van der Waals surface area (Å²) in [6.45, 7) is 5.10.